The zero-order valence-corrected chi connectivity index (χ0v) is 29.1. The predicted octanol–water partition coefficient (Wildman–Crippen LogP) is 7.30. The minimum absolute atomic E-state index is 0.00705. The van der Waals surface area contributed by atoms with E-state index < -0.39 is 18.4 Å². The Balaban J connectivity index is 1.04. The molecule has 4 fully saturated rings. The van der Waals surface area contributed by atoms with Crippen molar-refractivity contribution >= 4 is 39.1 Å². The average Bonchev–Trinajstić information content (AvgIpc) is 3.69. The van der Waals surface area contributed by atoms with Crippen LogP contribution in [0.4, 0.5) is 13.2 Å². The summed E-state index contributed by atoms with van der Waals surface area (Å²) >= 11 is 7.73. The minimum Gasteiger partial charge on any atom is -0.491 e. The summed E-state index contributed by atoms with van der Waals surface area (Å²) in [7, 11) is 0. The largest absolute Gasteiger partial charge is 0.522 e. The summed E-state index contributed by atoms with van der Waals surface area (Å²) < 4.78 is 52.5. The number of benzene rings is 1. The average molecular weight is 729 g/mol. The molecule has 5 aliphatic rings. The number of rotatable bonds is 8. The summed E-state index contributed by atoms with van der Waals surface area (Å²) in [6, 6.07) is 7.23. The van der Waals surface area contributed by atoms with Gasteiger partial charge in [0.15, 0.2) is 0 Å². The molecule has 2 saturated carbocycles. The Labute approximate surface area is 295 Å². The van der Waals surface area contributed by atoms with Crippen molar-refractivity contribution in [1.29, 1.82) is 0 Å². The summed E-state index contributed by atoms with van der Waals surface area (Å²) in [5, 5.41) is 11.8. The van der Waals surface area contributed by atoms with Crippen molar-refractivity contribution in [2.24, 2.45) is 5.92 Å². The lowest BCUT2D eigenvalue weighted by molar-refractivity contribution is -0.356. The quantitative estimate of drug-likeness (QED) is 0.202. The van der Waals surface area contributed by atoms with Crippen molar-refractivity contribution < 1.29 is 32.5 Å². The second-order valence-corrected chi connectivity index (χ2v) is 15.6. The highest BCUT2D eigenvalue weighted by Gasteiger charge is 2.55. The molecule has 0 amide bonds. The van der Waals surface area contributed by atoms with Crippen LogP contribution in [0.25, 0.3) is 21.3 Å². The molecule has 264 valence electrons. The van der Waals surface area contributed by atoms with E-state index in [9.17, 15) is 27.9 Å². The fraction of sp³-hybridized carbons (Fsp3) is 0.500. The number of carbonyl (C=O) groups is 1. The van der Waals surface area contributed by atoms with Crippen molar-refractivity contribution in [3.8, 4) is 16.9 Å². The number of aromatic carboxylic acids is 1. The number of hydrogen-bond acceptors (Lipinski definition) is 8. The van der Waals surface area contributed by atoms with Crippen LogP contribution in [0.15, 0.2) is 34.4 Å². The summed E-state index contributed by atoms with van der Waals surface area (Å²) in [6.07, 6.45) is -0.213. The number of alkyl halides is 3. The van der Waals surface area contributed by atoms with E-state index in [0.717, 1.165) is 43.4 Å². The highest BCUT2D eigenvalue weighted by Crippen LogP contribution is 2.56. The Morgan fingerprint density at radius 1 is 1.14 bits per heavy atom. The van der Waals surface area contributed by atoms with E-state index in [1.54, 1.807) is 35.1 Å². The molecule has 1 aromatic carbocycles. The van der Waals surface area contributed by atoms with Gasteiger partial charge >= 0.3 is 12.3 Å². The summed E-state index contributed by atoms with van der Waals surface area (Å²) in [4.78, 5) is 37.9. The summed E-state index contributed by atoms with van der Waals surface area (Å²) in [5.74, 6) is -0.0670. The topological polar surface area (TPSA) is 107 Å². The second-order valence-electron chi connectivity index (χ2n) is 14.2. The molecule has 50 heavy (non-hydrogen) atoms. The Bertz CT molecular complexity index is 2080. The molecule has 1 N–H and O–H groups in total. The lowest BCUT2D eigenvalue weighted by atomic mass is 9.73. The van der Waals surface area contributed by atoms with Gasteiger partial charge in [-0.05, 0) is 89.0 Å². The number of aryl methyl sites for hydroxylation is 2. The number of aromatic nitrogens is 3. The maximum Gasteiger partial charge on any atom is 0.522 e. The van der Waals surface area contributed by atoms with Gasteiger partial charge in [0.2, 0.25) is 0 Å². The number of halogens is 4. The monoisotopic (exact) mass is 728 g/mol. The molecule has 4 aromatic rings. The third-order valence-electron chi connectivity index (χ3n) is 11.1. The molecule has 9 rings (SSSR count). The van der Waals surface area contributed by atoms with E-state index >= 15 is 0 Å². The number of piperidine rings is 2. The van der Waals surface area contributed by atoms with Crippen molar-refractivity contribution in [2.75, 3.05) is 13.2 Å². The first kappa shape index (κ1) is 33.6. The van der Waals surface area contributed by atoms with Gasteiger partial charge in [0.1, 0.15) is 18.2 Å². The summed E-state index contributed by atoms with van der Waals surface area (Å²) in [6.45, 7) is 4.62. The van der Waals surface area contributed by atoms with Crippen LogP contribution < -0.4 is 10.3 Å². The van der Waals surface area contributed by atoms with Crippen LogP contribution in [-0.4, -0.2) is 68.2 Å². The molecule has 2 aliphatic heterocycles. The van der Waals surface area contributed by atoms with Crippen LogP contribution in [0.1, 0.15) is 71.7 Å². The van der Waals surface area contributed by atoms with Crippen LogP contribution in [-0.2, 0) is 23.1 Å². The first-order valence-corrected chi connectivity index (χ1v) is 18.2. The van der Waals surface area contributed by atoms with Gasteiger partial charge in [0, 0.05) is 56.8 Å². The van der Waals surface area contributed by atoms with Gasteiger partial charge in [-0.3, -0.25) is 24.0 Å². The number of carboxylic acids is 1. The molecule has 3 aromatic heterocycles. The van der Waals surface area contributed by atoms with E-state index in [1.165, 1.54) is 11.3 Å². The molecule has 1 unspecified atom stereocenters. The number of pyridine rings is 1. The van der Waals surface area contributed by atoms with Crippen LogP contribution in [0.5, 0.6) is 5.75 Å². The van der Waals surface area contributed by atoms with Crippen molar-refractivity contribution in [2.45, 2.75) is 95.3 Å². The van der Waals surface area contributed by atoms with Gasteiger partial charge in [0.05, 0.1) is 34.1 Å². The van der Waals surface area contributed by atoms with Crippen molar-refractivity contribution in [3.63, 3.8) is 0 Å². The van der Waals surface area contributed by atoms with Crippen LogP contribution in [0.2, 0.25) is 5.02 Å². The number of hydrogen-bond donors (Lipinski definition) is 1. The molecule has 14 heteroatoms. The van der Waals surface area contributed by atoms with Gasteiger partial charge in [0.25, 0.3) is 5.56 Å². The lowest BCUT2D eigenvalue weighted by Crippen LogP contribution is -2.60. The molecule has 0 radical (unpaired) electrons. The SMILES string of the molecule is Cc1cc(-c2cc(Cl)ccc2OCCn2c(C)nc3c(c2=O)C[C@H](N2C[C@H]4CC[C@@H]2CC4OC(F)(F)F)CC32CC2)c2scc(C(=O)O)c2n1. The predicted molar refractivity (Wildman–Crippen MR) is 182 cm³/mol. The number of ether oxygens (including phenoxy) is 2. The van der Waals surface area contributed by atoms with Crippen LogP contribution >= 0.6 is 22.9 Å². The van der Waals surface area contributed by atoms with E-state index in [4.69, 9.17) is 21.3 Å². The summed E-state index contributed by atoms with van der Waals surface area (Å²) in [5.41, 5.74) is 4.01. The van der Waals surface area contributed by atoms with Gasteiger partial charge in [-0.15, -0.1) is 24.5 Å². The van der Waals surface area contributed by atoms with Crippen molar-refractivity contribution in [3.05, 3.63) is 73.4 Å². The van der Waals surface area contributed by atoms with E-state index in [-0.39, 0.29) is 47.7 Å². The highest BCUT2D eigenvalue weighted by molar-refractivity contribution is 7.18. The lowest BCUT2D eigenvalue weighted by Gasteiger charge is -2.53. The smallest absolute Gasteiger partial charge is 0.491 e. The Hall–Kier alpha value is -3.52. The Morgan fingerprint density at radius 2 is 1.94 bits per heavy atom. The molecule has 4 atom stereocenters. The highest BCUT2D eigenvalue weighted by atomic mass is 35.5. The Morgan fingerprint density at radius 3 is 2.64 bits per heavy atom. The fourth-order valence-corrected chi connectivity index (χ4v) is 9.89. The minimum atomic E-state index is -4.64. The van der Waals surface area contributed by atoms with E-state index in [2.05, 4.69) is 14.6 Å². The molecule has 3 aliphatic carbocycles. The fourth-order valence-electron chi connectivity index (χ4n) is 8.71. The first-order valence-electron chi connectivity index (χ1n) is 17.0. The normalized spacial score (nSPS) is 24.1. The molecular weight excluding hydrogens is 693 g/mol. The van der Waals surface area contributed by atoms with E-state index in [0.29, 0.717) is 63.0 Å². The molecule has 1 spiro atoms. The zero-order chi connectivity index (χ0) is 35.1. The molecule has 5 heterocycles. The number of carboxylic acid groups (broad SMARTS) is 1. The molecule has 2 saturated heterocycles. The van der Waals surface area contributed by atoms with Gasteiger partial charge < -0.3 is 9.84 Å². The van der Waals surface area contributed by atoms with Crippen LogP contribution in [0.3, 0.4) is 0 Å². The van der Waals surface area contributed by atoms with Gasteiger partial charge in [-0.2, -0.15) is 0 Å². The van der Waals surface area contributed by atoms with Gasteiger partial charge in [-0.1, -0.05) is 11.6 Å². The second kappa shape index (κ2) is 12.3. The van der Waals surface area contributed by atoms with Crippen molar-refractivity contribution in [1.82, 2.24) is 19.4 Å². The molecule has 2 bridgehead atoms. The standard InChI is InChI=1S/C36H36ClF3N4O5S/c1-18-11-25(31-30(41-18)27(17-50-31)34(46)47)24-12-21(37)4-6-28(24)48-10-9-43-19(2)42-32-26(33(43)45)13-23(15-35(32)7-8-35)44-16-20-3-5-22(44)14-29(20)49-36(38,39)40/h4,6,11-12,17,20,22-23,29H,3,5,7-10,13-16H2,1-2H3,(H,46,47)/t20-,22-,23+,29?/m1/s1. The maximum absolute atomic E-state index is 14.2. The van der Waals surface area contributed by atoms with Crippen LogP contribution in [0, 0.1) is 19.8 Å². The number of fused-ring (bicyclic) bond motifs is 6. The molecular formula is C36H36ClF3N4O5S. The third kappa shape index (κ3) is 5.99. The molecule has 9 nitrogen and oxygen atoms in total. The van der Waals surface area contributed by atoms with Gasteiger partial charge in [-0.25, -0.2) is 9.78 Å². The zero-order valence-electron chi connectivity index (χ0n) is 27.6. The third-order valence-corrected chi connectivity index (χ3v) is 12.4. The number of nitrogens with zero attached hydrogens (tertiary/aromatic N) is 4. The number of thiophene rings is 1. The first-order chi connectivity index (χ1) is 23.8. The Kier molecular flexibility index (Phi) is 8.28. The van der Waals surface area contributed by atoms with E-state index in [1.807, 2.05) is 13.0 Å². The maximum atomic E-state index is 14.2.